The van der Waals surface area contributed by atoms with Crippen LogP contribution in [0.5, 0.6) is 5.75 Å². The number of hydrogen-bond acceptors (Lipinski definition) is 3. The molecule has 0 unspecified atom stereocenters. The van der Waals surface area contributed by atoms with Crippen molar-refractivity contribution in [2.75, 3.05) is 6.61 Å². The van der Waals surface area contributed by atoms with E-state index in [-0.39, 0.29) is 11.8 Å². The van der Waals surface area contributed by atoms with Crippen molar-refractivity contribution in [3.8, 4) is 11.8 Å². The van der Waals surface area contributed by atoms with Crippen molar-refractivity contribution in [2.45, 2.75) is 40.2 Å². The van der Waals surface area contributed by atoms with Gasteiger partial charge in [-0.15, -0.1) is 0 Å². The highest BCUT2D eigenvalue weighted by Crippen LogP contribution is 2.18. The van der Waals surface area contributed by atoms with Crippen molar-refractivity contribution >= 4 is 5.91 Å². The Morgan fingerprint density at radius 1 is 1.38 bits per heavy atom. The molecule has 0 fully saturated rings. The first-order chi connectivity index (χ1) is 9.78. The lowest BCUT2D eigenvalue weighted by Gasteiger charge is -2.27. The zero-order valence-corrected chi connectivity index (χ0v) is 13.4. The Hall–Kier alpha value is -2.02. The summed E-state index contributed by atoms with van der Waals surface area (Å²) >= 11 is 0. The molecule has 0 saturated carbocycles. The smallest absolute Gasteiger partial charge is 0.252 e. The lowest BCUT2D eigenvalue weighted by atomic mass is 9.90. The predicted molar refractivity (Wildman–Crippen MR) is 83.1 cm³/mol. The Morgan fingerprint density at radius 3 is 2.57 bits per heavy atom. The molecule has 0 spiro atoms. The van der Waals surface area contributed by atoms with Crippen molar-refractivity contribution < 1.29 is 9.53 Å². The number of nitrogens with one attached hydrogen (secondary N) is 1. The van der Waals surface area contributed by atoms with Gasteiger partial charge in [0.2, 0.25) is 0 Å². The molecule has 0 heterocycles. The minimum absolute atomic E-state index is 0.0202. The quantitative estimate of drug-likeness (QED) is 0.872. The van der Waals surface area contributed by atoms with Crippen molar-refractivity contribution in [1.29, 1.82) is 5.26 Å². The summed E-state index contributed by atoms with van der Waals surface area (Å²) in [4.78, 5) is 12.3. The van der Waals surface area contributed by atoms with E-state index in [1.807, 2.05) is 19.9 Å². The molecule has 0 saturated heterocycles. The molecular formula is C17H24N2O2. The van der Waals surface area contributed by atoms with Crippen LogP contribution in [0.25, 0.3) is 0 Å². The normalized spacial score (nSPS) is 13.6. The largest absolute Gasteiger partial charge is 0.493 e. The first-order valence-corrected chi connectivity index (χ1v) is 7.25. The summed E-state index contributed by atoms with van der Waals surface area (Å²) < 4.78 is 5.62. The zero-order chi connectivity index (χ0) is 16.0. The van der Waals surface area contributed by atoms with Crippen LogP contribution < -0.4 is 10.1 Å². The second-order valence-corrected chi connectivity index (χ2v) is 6.16. The van der Waals surface area contributed by atoms with Gasteiger partial charge in [0.15, 0.2) is 0 Å². The van der Waals surface area contributed by atoms with Crippen molar-refractivity contribution in [1.82, 2.24) is 5.32 Å². The summed E-state index contributed by atoms with van der Waals surface area (Å²) in [6, 6.07) is 9.20. The average molecular weight is 288 g/mol. The van der Waals surface area contributed by atoms with E-state index >= 15 is 0 Å². The van der Waals surface area contributed by atoms with Crippen LogP contribution in [0.4, 0.5) is 0 Å². The maximum absolute atomic E-state index is 12.3. The molecule has 4 nitrogen and oxygen atoms in total. The van der Waals surface area contributed by atoms with Crippen molar-refractivity contribution in [3.05, 3.63) is 29.8 Å². The molecule has 0 aromatic heterocycles. The third kappa shape index (κ3) is 4.78. The summed E-state index contributed by atoms with van der Waals surface area (Å²) in [5, 5.41) is 12.1. The highest BCUT2D eigenvalue weighted by atomic mass is 16.5. The van der Waals surface area contributed by atoms with E-state index in [1.165, 1.54) is 0 Å². The number of rotatable bonds is 6. The molecule has 1 atom stereocenters. The standard InChI is InChI=1S/C17H24N2O2/c1-12(2)10-21-15-8-6-7-14(9-15)16(20)19-17(5,11-18)13(3)4/h6-9,12-13H,10H2,1-5H3,(H,19,20)/t17-/m0/s1. The molecule has 1 N–H and O–H groups in total. The van der Waals surface area contributed by atoms with Crippen molar-refractivity contribution in [2.24, 2.45) is 11.8 Å². The fraction of sp³-hybridized carbons (Fsp3) is 0.529. The molecule has 0 aliphatic rings. The van der Waals surface area contributed by atoms with Gasteiger partial charge in [-0.25, -0.2) is 0 Å². The van der Waals surface area contributed by atoms with E-state index in [0.717, 1.165) is 0 Å². The molecule has 0 aliphatic heterocycles. The molecule has 1 aromatic carbocycles. The zero-order valence-electron chi connectivity index (χ0n) is 13.4. The van der Waals surface area contributed by atoms with Crippen LogP contribution in [0.3, 0.4) is 0 Å². The molecular weight excluding hydrogens is 264 g/mol. The summed E-state index contributed by atoms with van der Waals surface area (Å²) in [6.07, 6.45) is 0. The minimum atomic E-state index is -0.883. The summed E-state index contributed by atoms with van der Waals surface area (Å²) in [5.74, 6) is 0.847. The van der Waals surface area contributed by atoms with Gasteiger partial charge in [-0.05, 0) is 37.0 Å². The maximum atomic E-state index is 12.3. The third-order valence-electron chi connectivity index (χ3n) is 3.44. The van der Waals surface area contributed by atoms with Crippen LogP contribution in [0.2, 0.25) is 0 Å². The monoisotopic (exact) mass is 288 g/mol. The van der Waals surface area contributed by atoms with E-state index in [0.29, 0.717) is 23.8 Å². The number of benzene rings is 1. The predicted octanol–water partition coefficient (Wildman–Crippen LogP) is 3.39. The van der Waals surface area contributed by atoms with Crippen molar-refractivity contribution in [3.63, 3.8) is 0 Å². The van der Waals surface area contributed by atoms with Gasteiger partial charge in [0.05, 0.1) is 12.7 Å². The molecule has 1 rings (SSSR count). The highest BCUT2D eigenvalue weighted by molar-refractivity contribution is 5.95. The van der Waals surface area contributed by atoms with Gasteiger partial charge in [-0.2, -0.15) is 5.26 Å². The van der Waals surface area contributed by atoms with Gasteiger partial charge in [-0.3, -0.25) is 4.79 Å². The van der Waals surface area contributed by atoms with Gasteiger partial charge < -0.3 is 10.1 Å². The lowest BCUT2D eigenvalue weighted by Crippen LogP contribution is -2.48. The summed E-state index contributed by atoms with van der Waals surface area (Å²) in [7, 11) is 0. The van der Waals surface area contributed by atoms with Crippen LogP contribution in [0.1, 0.15) is 45.0 Å². The first-order valence-electron chi connectivity index (χ1n) is 7.25. The molecule has 0 aliphatic carbocycles. The SMILES string of the molecule is CC(C)COc1cccc(C(=O)N[C@@](C)(C#N)C(C)C)c1. The maximum Gasteiger partial charge on any atom is 0.252 e. The number of nitriles is 1. The van der Waals surface area contributed by atoms with E-state index in [1.54, 1.807) is 25.1 Å². The Kier molecular flexibility index (Phi) is 5.78. The first kappa shape index (κ1) is 17.0. The van der Waals surface area contributed by atoms with E-state index in [9.17, 15) is 10.1 Å². The van der Waals surface area contributed by atoms with E-state index < -0.39 is 5.54 Å². The molecule has 114 valence electrons. The van der Waals surface area contributed by atoms with Crippen LogP contribution in [-0.2, 0) is 0 Å². The number of carbonyl (C=O) groups excluding carboxylic acids is 1. The number of nitrogens with zero attached hydrogens (tertiary/aromatic N) is 1. The molecule has 1 amide bonds. The molecule has 0 radical (unpaired) electrons. The Bertz CT molecular complexity index is 532. The number of carbonyl (C=O) groups is 1. The minimum Gasteiger partial charge on any atom is -0.493 e. The van der Waals surface area contributed by atoms with Gasteiger partial charge >= 0.3 is 0 Å². The average Bonchev–Trinajstić information content (AvgIpc) is 2.45. The summed E-state index contributed by atoms with van der Waals surface area (Å²) in [5.41, 5.74) is -0.385. The second-order valence-electron chi connectivity index (χ2n) is 6.16. The third-order valence-corrected chi connectivity index (χ3v) is 3.44. The molecule has 0 bridgehead atoms. The Labute approximate surface area is 127 Å². The van der Waals surface area contributed by atoms with Gasteiger partial charge in [0, 0.05) is 5.56 Å². The number of amides is 1. The fourth-order valence-electron chi connectivity index (χ4n) is 1.60. The molecule has 21 heavy (non-hydrogen) atoms. The second kappa shape index (κ2) is 7.12. The van der Waals surface area contributed by atoms with Gasteiger partial charge in [-0.1, -0.05) is 33.8 Å². The summed E-state index contributed by atoms with van der Waals surface area (Å²) in [6.45, 7) is 10.3. The van der Waals surface area contributed by atoms with Crippen LogP contribution >= 0.6 is 0 Å². The highest BCUT2D eigenvalue weighted by Gasteiger charge is 2.30. The lowest BCUT2D eigenvalue weighted by molar-refractivity contribution is 0.0907. The molecule has 1 aromatic rings. The molecule has 4 heteroatoms. The topological polar surface area (TPSA) is 62.1 Å². The van der Waals surface area contributed by atoms with Crippen LogP contribution in [-0.4, -0.2) is 18.1 Å². The fourth-order valence-corrected chi connectivity index (χ4v) is 1.60. The Balaban J connectivity index is 2.84. The van der Waals surface area contributed by atoms with E-state index in [2.05, 4.69) is 25.2 Å². The number of hydrogen-bond donors (Lipinski definition) is 1. The number of ether oxygens (including phenoxy) is 1. The van der Waals surface area contributed by atoms with Crippen LogP contribution in [0, 0.1) is 23.2 Å². The van der Waals surface area contributed by atoms with Gasteiger partial charge in [0.25, 0.3) is 5.91 Å². The van der Waals surface area contributed by atoms with E-state index in [4.69, 9.17) is 4.74 Å². The van der Waals surface area contributed by atoms with Crippen LogP contribution in [0.15, 0.2) is 24.3 Å². The Morgan fingerprint density at radius 2 is 2.05 bits per heavy atom. The van der Waals surface area contributed by atoms with Gasteiger partial charge in [0.1, 0.15) is 11.3 Å².